The first-order valence-electron chi connectivity index (χ1n) is 8.46. The first-order chi connectivity index (χ1) is 11.4. The molecule has 6 nitrogen and oxygen atoms in total. The van der Waals surface area contributed by atoms with E-state index in [9.17, 15) is 8.42 Å². The van der Waals surface area contributed by atoms with E-state index in [1.165, 1.54) is 4.31 Å². The fraction of sp³-hybridized carbons (Fsp3) is 0.647. The highest BCUT2D eigenvalue weighted by Gasteiger charge is 2.33. The largest absolute Gasteiger partial charge is 0.486 e. The molecule has 1 aromatic carbocycles. The molecule has 24 heavy (non-hydrogen) atoms. The Morgan fingerprint density at radius 1 is 1.12 bits per heavy atom. The number of hydrogen-bond acceptors (Lipinski definition) is 4. The molecule has 0 radical (unpaired) electrons. The van der Waals surface area contributed by atoms with Crippen LogP contribution in [0.4, 0.5) is 0 Å². The quantitative estimate of drug-likeness (QED) is 0.831. The van der Waals surface area contributed by atoms with Gasteiger partial charge in [0.2, 0.25) is 0 Å². The third-order valence-corrected chi connectivity index (χ3v) is 6.43. The highest BCUT2D eigenvalue weighted by molar-refractivity contribution is 7.86. The summed E-state index contributed by atoms with van der Waals surface area (Å²) >= 11 is 0. The summed E-state index contributed by atoms with van der Waals surface area (Å²) in [6.07, 6.45) is 1.08. The van der Waals surface area contributed by atoms with Crippen molar-refractivity contribution in [3.05, 3.63) is 23.8 Å². The van der Waals surface area contributed by atoms with Crippen molar-refractivity contribution in [3.8, 4) is 11.5 Å². The predicted octanol–water partition coefficient (Wildman–Crippen LogP) is 2.11. The lowest BCUT2D eigenvalue weighted by molar-refractivity contribution is 0.171. The van der Waals surface area contributed by atoms with Crippen LogP contribution in [0.15, 0.2) is 18.2 Å². The maximum atomic E-state index is 12.9. The Bertz CT molecular complexity index is 682. The molecule has 2 heterocycles. The van der Waals surface area contributed by atoms with Gasteiger partial charge < -0.3 is 9.47 Å². The third kappa shape index (κ3) is 3.68. The molecule has 2 aliphatic heterocycles. The van der Waals surface area contributed by atoms with Crippen LogP contribution >= 0.6 is 0 Å². The van der Waals surface area contributed by atoms with E-state index in [1.807, 2.05) is 18.2 Å². The smallest absolute Gasteiger partial charge is 0.282 e. The molecule has 2 aliphatic rings. The van der Waals surface area contributed by atoms with E-state index in [-0.39, 0.29) is 0 Å². The summed E-state index contributed by atoms with van der Waals surface area (Å²) in [6, 6.07) is 5.60. The van der Waals surface area contributed by atoms with E-state index in [2.05, 4.69) is 13.8 Å². The molecule has 7 heteroatoms. The van der Waals surface area contributed by atoms with Crippen LogP contribution in [-0.2, 0) is 16.8 Å². The Hall–Kier alpha value is -1.31. The van der Waals surface area contributed by atoms with Gasteiger partial charge in [0.15, 0.2) is 11.5 Å². The van der Waals surface area contributed by atoms with Crippen molar-refractivity contribution in [2.45, 2.75) is 26.8 Å². The Morgan fingerprint density at radius 2 is 1.75 bits per heavy atom. The summed E-state index contributed by atoms with van der Waals surface area (Å²) in [7, 11) is -1.82. The van der Waals surface area contributed by atoms with E-state index < -0.39 is 10.2 Å². The van der Waals surface area contributed by atoms with E-state index in [0.29, 0.717) is 56.2 Å². The molecule has 1 aromatic rings. The van der Waals surface area contributed by atoms with Crippen LogP contribution < -0.4 is 9.47 Å². The molecule has 3 rings (SSSR count). The van der Waals surface area contributed by atoms with Crippen molar-refractivity contribution in [2.75, 3.05) is 33.4 Å². The van der Waals surface area contributed by atoms with Crippen LogP contribution in [0.3, 0.4) is 0 Å². The van der Waals surface area contributed by atoms with Crippen molar-refractivity contribution in [1.29, 1.82) is 0 Å². The van der Waals surface area contributed by atoms with Gasteiger partial charge in [0.05, 0.1) is 0 Å². The average Bonchev–Trinajstić information content (AvgIpc) is 2.53. The van der Waals surface area contributed by atoms with Gasteiger partial charge in [-0.3, -0.25) is 0 Å². The molecular weight excluding hydrogens is 328 g/mol. The summed E-state index contributed by atoms with van der Waals surface area (Å²) in [6.45, 7) is 6.80. The molecule has 0 aromatic heterocycles. The van der Waals surface area contributed by atoms with Crippen LogP contribution in [0.25, 0.3) is 0 Å². The van der Waals surface area contributed by atoms with Crippen LogP contribution in [0.5, 0.6) is 11.5 Å². The lowest BCUT2D eigenvalue weighted by Crippen LogP contribution is -2.48. The summed E-state index contributed by atoms with van der Waals surface area (Å²) in [5.41, 5.74) is 0.892. The summed E-state index contributed by atoms with van der Waals surface area (Å²) in [5, 5.41) is 0. The lowest BCUT2D eigenvalue weighted by atomic mass is 9.94. The topological polar surface area (TPSA) is 59.1 Å². The maximum Gasteiger partial charge on any atom is 0.282 e. The van der Waals surface area contributed by atoms with Crippen LogP contribution in [0, 0.1) is 11.8 Å². The molecule has 0 aliphatic carbocycles. The van der Waals surface area contributed by atoms with Crippen molar-refractivity contribution >= 4 is 10.2 Å². The second-order valence-corrected chi connectivity index (χ2v) is 9.04. The Balaban J connectivity index is 1.72. The van der Waals surface area contributed by atoms with Gasteiger partial charge in [0.25, 0.3) is 10.2 Å². The van der Waals surface area contributed by atoms with E-state index in [0.717, 1.165) is 12.0 Å². The second kappa shape index (κ2) is 6.90. The van der Waals surface area contributed by atoms with Gasteiger partial charge in [-0.1, -0.05) is 19.9 Å². The highest BCUT2D eigenvalue weighted by Crippen LogP contribution is 2.31. The number of piperidine rings is 1. The SMILES string of the molecule is CC1CC(C)CN(S(=O)(=O)N(C)Cc2ccc3c(c2)OCCO3)C1. The Morgan fingerprint density at radius 3 is 2.42 bits per heavy atom. The second-order valence-electron chi connectivity index (χ2n) is 7.00. The van der Waals surface area contributed by atoms with Gasteiger partial charge in [-0.15, -0.1) is 0 Å². The van der Waals surface area contributed by atoms with E-state index in [4.69, 9.17) is 9.47 Å². The Kier molecular flexibility index (Phi) is 5.03. The fourth-order valence-electron chi connectivity index (χ4n) is 3.52. The van der Waals surface area contributed by atoms with Gasteiger partial charge in [0.1, 0.15) is 13.2 Å². The molecular formula is C17H26N2O4S. The molecule has 2 unspecified atom stereocenters. The van der Waals surface area contributed by atoms with Crippen molar-refractivity contribution in [3.63, 3.8) is 0 Å². The number of rotatable bonds is 4. The van der Waals surface area contributed by atoms with Gasteiger partial charge in [-0.2, -0.15) is 17.0 Å². The fourth-order valence-corrected chi connectivity index (χ4v) is 5.11. The average molecular weight is 354 g/mol. The van der Waals surface area contributed by atoms with Crippen molar-refractivity contribution in [1.82, 2.24) is 8.61 Å². The number of benzene rings is 1. The summed E-state index contributed by atoms with van der Waals surface area (Å²) < 4.78 is 39.8. The minimum Gasteiger partial charge on any atom is -0.486 e. The molecule has 134 valence electrons. The number of ether oxygens (including phenoxy) is 2. The van der Waals surface area contributed by atoms with Crippen LogP contribution in [-0.4, -0.2) is 50.4 Å². The first kappa shape index (κ1) is 17.5. The lowest BCUT2D eigenvalue weighted by Gasteiger charge is -2.36. The van der Waals surface area contributed by atoms with Crippen LogP contribution in [0.2, 0.25) is 0 Å². The molecule has 0 N–H and O–H groups in total. The van der Waals surface area contributed by atoms with E-state index in [1.54, 1.807) is 11.4 Å². The molecule has 0 amide bonds. The maximum absolute atomic E-state index is 12.9. The minimum absolute atomic E-state index is 0.318. The molecule has 1 saturated heterocycles. The number of hydrogen-bond donors (Lipinski definition) is 0. The van der Waals surface area contributed by atoms with Gasteiger partial charge in [-0.05, 0) is 36.0 Å². The number of nitrogens with zero attached hydrogens (tertiary/aromatic N) is 2. The number of fused-ring (bicyclic) bond motifs is 1. The first-order valence-corrected chi connectivity index (χ1v) is 9.86. The van der Waals surface area contributed by atoms with Crippen LogP contribution in [0.1, 0.15) is 25.8 Å². The normalized spacial score (nSPS) is 25.0. The zero-order valence-electron chi connectivity index (χ0n) is 14.6. The zero-order valence-corrected chi connectivity index (χ0v) is 15.4. The van der Waals surface area contributed by atoms with Gasteiger partial charge in [-0.25, -0.2) is 0 Å². The minimum atomic E-state index is -3.45. The third-order valence-electron chi connectivity index (χ3n) is 4.57. The Labute approximate surface area is 144 Å². The standard InChI is InChI=1S/C17H26N2O4S/c1-13-8-14(2)11-19(10-13)24(20,21)18(3)12-15-4-5-16-17(9-15)23-7-6-22-16/h4-5,9,13-14H,6-8,10-12H2,1-3H3. The molecule has 0 saturated carbocycles. The van der Waals surface area contributed by atoms with Gasteiger partial charge in [0, 0.05) is 26.7 Å². The van der Waals surface area contributed by atoms with E-state index >= 15 is 0 Å². The van der Waals surface area contributed by atoms with Crippen molar-refractivity contribution < 1.29 is 17.9 Å². The predicted molar refractivity (Wildman–Crippen MR) is 92.3 cm³/mol. The monoisotopic (exact) mass is 354 g/mol. The molecule has 0 spiro atoms. The zero-order chi connectivity index (χ0) is 17.3. The summed E-state index contributed by atoms with van der Waals surface area (Å²) in [4.78, 5) is 0. The molecule has 0 bridgehead atoms. The van der Waals surface area contributed by atoms with Crippen molar-refractivity contribution in [2.24, 2.45) is 11.8 Å². The highest BCUT2D eigenvalue weighted by atomic mass is 32.2. The molecule has 1 fully saturated rings. The molecule has 2 atom stereocenters. The van der Waals surface area contributed by atoms with Gasteiger partial charge >= 0.3 is 0 Å². The summed E-state index contributed by atoms with van der Waals surface area (Å²) in [5.74, 6) is 2.19.